The Morgan fingerprint density at radius 1 is 0.491 bits per heavy atom. The average molecular weight is 767 g/mol. The van der Waals surface area contributed by atoms with Gasteiger partial charge in [-0.15, -0.1) is 0 Å². The second-order valence-corrected chi connectivity index (χ2v) is 12.5. The van der Waals surface area contributed by atoms with E-state index in [2.05, 4.69) is 23.7 Å². The third-order valence-corrected chi connectivity index (χ3v) is 8.11. The Hall–Kier alpha value is -6.85. The second kappa shape index (κ2) is 21.9. The molecule has 290 valence electrons. The molecule has 0 amide bonds. The molecule has 5 aromatic rings. The van der Waals surface area contributed by atoms with Gasteiger partial charge in [-0.25, -0.2) is 14.4 Å². The summed E-state index contributed by atoms with van der Waals surface area (Å²) in [7, 11) is 0. The Balaban J connectivity index is 1.22. The quantitative estimate of drug-likeness (QED) is 0.0452. The summed E-state index contributed by atoms with van der Waals surface area (Å²) in [4.78, 5) is 39.4. The number of carbonyl (C=O) groups excluding carboxylic acids is 3. The molecule has 0 unspecified atom stereocenters. The number of ether oxygens (including phenoxy) is 5. The van der Waals surface area contributed by atoms with Crippen LogP contribution in [-0.2, 0) is 4.74 Å². The van der Waals surface area contributed by atoms with Gasteiger partial charge in [0.15, 0.2) is 0 Å². The van der Waals surface area contributed by atoms with Crippen LogP contribution in [0.5, 0.6) is 23.0 Å². The fourth-order valence-electron chi connectivity index (χ4n) is 4.98. The molecule has 5 rings (SSSR count). The average Bonchev–Trinajstić information content (AvgIpc) is 3.24. The molecule has 0 aliphatic rings. The topological polar surface area (TPSA) is 138 Å². The SMILES string of the molecule is CCCCOC(=O)c1cc(OC(=O)c2ccc(C#Cc3ccc(OCCCO)cc3)cc2)ccc1OC(=O)c1ccc(C#Cc2ccc(OCCCO)cc2)cc1. The molecule has 5 aromatic carbocycles. The maximum absolute atomic E-state index is 13.2. The third-order valence-electron chi connectivity index (χ3n) is 8.11. The van der Waals surface area contributed by atoms with Crippen LogP contribution >= 0.6 is 0 Å². The highest BCUT2D eigenvalue weighted by Crippen LogP contribution is 2.27. The fraction of sp³-hybridized carbons (Fsp3) is 0.213. The molecule has 10 nitrogen and oxygen atoms in total. The molecule has 0 spiro atoms. The van der Waals surface area contributed by atoms with Crippen molar-refractivity contribution in [3.8, 4) is 46.7 Å². The summed E-state index contributed by atoms with van der Waals surface area (Å²) >= 11 is 0. The number of aliphatic hydroxyl groups is 2. The molecular formula is C47H42O10. The molecule has 2 N–H and O–H groups in total. The van der Waals surface area contributed by atoms with E-state index in [4.69, 9.17) is 33.9 Å². The van der Waals surface area contributed by atoms with E-state index >= 15 is 0 Å². The molecule has 0 atom stereocenters. The van der Waals surface area contributed by atoms with Gasteiger partial charge in [0.2, 0.25) is 0 Å². The maximum Gasteiger partial charge on any atom is 0.343 e. The van der Waals surface area contributed by atoms with E-state index in [-0.39, 0.29) is 48.0 Å². The number of esters is 3. The highest BCUT2D eigenvalue weighted by Gasteiger charge is 2.20. The Labute approximate surface area is 332 Å². The Morgan fingerprint density at radius 2 is 0.912 bits per heavy atom. The molecule has 0 fully saturated rings. The van der Waals surface area contributed by atoms with Crippen LogP contribution in [0.4, 0.5) is 0 Å². The number of benzene rings is 5. The van der Waals surface area contributed by atoms with Gasteiger partial charge in [-0.05, 0) is 122 Å². The molecule has 0 aliphatic heterocycles. The predicted molar refractivity (Wildman–Crippen MR) is 214 cm³/mol. The molecule has 0 radical (unpaired) electrons. The summed E-state index contributed by atoms with van der Waals surface area (Å²) < 4.78 is 27.7. The van der Waals surface area contributed by atoms with Crippen LogP contribution in [0.1, 0.15) is 85.9 Å². The Bertz CT molecular complexity index is 2220. The summed E-state index contributed by atoms with van der Waals surface area (Å²) in [6, 6.07) is 31.8. The molecule has 0 saturated carbocycles. The van der Waals surface area contributed by atoms with Crippen molar-refractivity contribution in [2.45, 2.75) is 32.6 Å². The van der Waals surface area contributed by atoms with Gasteiger partial charge in [0.05, 0.1) is 30.9 Å². The first kappa shape index (κ1) is 41.3. The maximum atomic E-state index is 13.2. The highest BCUT2D eigenvalue weighted by atomic mass is 16.6. The van der Waals surface area contributed by atoms with Gasteiger partial charge in [0.1, 0.15) is 28.6 Å². The van der Waals surface area contributed by atoms with Crippen molar-refractivity contribution in [3.05, 3.63) is 154 Å². The second-order valence-electron chi connectivity index (χ2n) is 12.5. The minimum Gasteiger partial charge on any atom is -0.494 e. The van der Waals surface area contributed by atoms with Gasteiger partial charge in [0.25, 0.3) is 0 Å². The van der Waals surface area contributed by atoms with Gasteiger partial charge in [-0.1, -0.05) is 37.0 Å². The first-order valence-electron chi connectivity index (χ1n) is 18.5. The molecule has 0 aliphatic carbocycles. The van der Waals surface area contributed by atoms with Crippen molar-refractivity contribution in [3.63, 3.8) is 0 Å². The van der Waals surface area contributed by atoms with Crippen molar-refractivity contribution in [2.75, 3.05) is 33.0 Å². The van der Waals surface area contributed by atoms with Gasteiger partial charge in [-0.3, -0.25) is 0 Å². The summed E-state index contributed by atoms with van der Waals surface area (Å²) in [5.41, 5.74) is 3.34. The Morgan fingerprint density at radius 3 is 1.35 bits per heavy atom. The summed E-state index contributed by atoms with van der Waals surface area (Å²) in [6.07, 6.45) is 2.56. The van der Waals surface area contributed by atoms with Crippen molar-refractivity contribution in [1.29, 1.82) is 0 Å². The standard InChI is InChI=1S/C47H42O10/c1-2-3-30-55-47(52)43-33-42(56-45(50)38-18-10-34(11-19-38)6-8-36-14-22-40(23-15-36)53-31-4-28-48)26-27-44(43)57-46(51)39-20-12-35(13-21-39)7-9-37-16-24-41(25-17-37)54-32-5-29-49/h10-27,33,48-49H,2-5,28-32H2,1H3. The zero-order valence-electron chi connectivity index (χ0n) is 31.5. The lowest BCUT2D eigenvalue weighted by Crippen LogP contribution is -2.14. The monoisotopic (exact) mass is 766 g/mol. The molecule has 0 aromatic heterocycles. The zero-order chi connectivity index (χ0) is 40.2. The molecule has 57 heavy (non-hydrogen) atoms. The lowest BCUT2D eigenvalue weighted by molar-refractivity contribution is 0.0492. The summed E-state index contributed by atoms with van der Waals surface area (Å²) in [5.74, 6) is 11.6. The number of rotatable bonds is 16. The van der Waals surface area contributed by atoms with Crippen LogP contribution in [0, 0.1) is 23.7 Å². The minimum atomic E-state index is -0.730. The number of carbonyl (C=O) groups is 3. The number of hydrogen-bond donors (Lipinski definition) is 2. The molecular weight excluding hydrogens is 725 g/mol. The van der Waals surface area contributed by atoms with Crippen LogP contribution in [-0.4, -0.2) is 61.2 Å². The normalized spacial score (nSPS) is 10.2. The fourth-order valence-corrected chi connectivity index (χ4v) is 4.98. The largest absolute Gasteiger partial charge is 0.494 e. The van der Waals surface area contributed by atoms with E-state index in [0.29, 0.717) is 55.1 Å². The number of unbranched alkanes of at least 4 members (excludes halogenated alkanes) is 1. The van der Waals surface area contributed by atoms with Gasteiger partial charge in [0, 0.05) is 48.3 Å². The van der Waals surface area contributed by atoms with Gasteiger partial charge >= 0.3 is 17.9 Å². The predicted octanol–water partition coefficient (Wildman–Crippen LogP) is 7.40. The first-order chi connectivity index (χ1) is 27.8. The minimum absolute atomic E-state index is 0.0549. The summed E-state index contributed by atoms with van der Waals surface area (Å²) in [5, 5.41) is 17.8. The van der Waals surface area contributed by atoms with Crippen molar-refractivity contribution >= 4 is 17.9 Å². The van der Waals surface area contributed by atoms with Gasteiger partial charge in [-0.2, -0.15) is 0 Å². The van der Waals surface area contributed by atoms with Crippen LogP contribution in [0.15, 0.2) is 115 Å². The van der Waals surface area contributed by atoms with E-state index in [0.717, 1.165) is 17.5 Å². The molecule has 10 heteroatoms. The first-order valence-corrected chi connectivity index (χ1v) is 18.5. The smallest absolute Gasteiger partial charge is 0.343 e. The van der Waals surface area contributed by atoms with Crippen LogP contribution in [0.2, 0.25) is 0 Å². The third kappa shape index (κ3) is 13.2. The summed E-state index contributed by atoms with van der Waals surface area (Å²) in [6.45, 7) is 3.13. The van der Waals surface area contributed by atoms with Crippen LogP contribution < -0.4 is 18.9 Å². The van der Waals surface area contributed by atoms with E-state index in [9.17, 15) is 14.4 Å². The van der Waals surface area contributed by atoms with Crippen LogP contribution in [0.25, 0.3) is 0 Å². The number of hydrogen-bond acceptors (Lipinski definition) is 10. The Kier molecular flexibility index (Phi) is 15.9. The van der Waals surface area contributed by atoms with Crippen molar-refractivity contribution < 1.29 is 48.3 Å². The van der Waals surface area contributed by atoms with E-state index in [1.54, 1.807) is 48.5 Å². The van der Waals surface area contributed by atoms with Gasteiger partial charge < -0.3 is 33.9 Å². The van der Waals surface area contributed by atoms with Crippen molar-refractivity contribution in [2.24, 2.45) is 0 Å². The molecule has 0 bridgehead atoms. The van der Waals surface area contributed by atoms with Crippen molar-refractivity contribution in [1.82, 2.24) is 0 Å². The zero-order valence-corrected chi connectivity index (χ0v) is 31.5. The highest BCUT2D eigenvalue weighted by molar-refractivity contribution is 5.97. The van der Waals surface area contributed by atoms with E-state index in [1.165, 1.54) is 18.2 Å². The number of aliphatic hydroxyl groups excluding tert-OH is 2. The van der Waals surface area contributed by atoms with E-state index in [1.807, 2.05) is 55.5 Å². The lowest BCUT2D eigenvalue weighted by atomic mass is 10.1. The lowest BCUT2D eigenvalue weighted by Gasteiger charge is -2.12. The van der Waals surface area contributed by atoms with E-state index < -0.39 is 17.9 Å². The molecule has 0 heterocycles. The molecule has 0 saturated heterocycles. The van der Waals surface area contributed by atoms with Crippen LogP contribution in [0.3, 0.4) is 0 Å².